The lowest BCUT2D eigenvalue weighted by Gasteiger charge is -2.27. The molecule has 0 spiro atoms. The van der Waals surface area contributed by atoms with Crippen molar-refractivity contribution in [2.24, 2.45) is 0 Å². The maximum Gasteiger partial charge on any atom is 0.165 e. The predicted octanol–water partition coefficient (Wildman–Crippen LogP) is 1.99. The highest BCUT2D eigenvalue weighted by atomic mass is 35.5. The summed E-state index contributed by atoms with van der Waals surface area (Å²) in [6.07, 6.45) is 1.05. The molecule has 1 aromatic carbocycles. The molecule has 0 bridgehead atoms. The SMILES string of the molecule is Cl.Oc1ccc([C@@H]2CCN2)cc1F. The van der Waals surface area contributed by atoms with Crippen LogP contribution in [-0.2, 0) is 0 Å². The van der Waals surface area contributed by atoms with E-state index in [1.807, 2.05) is 0 Å². The Balaban J connectivity index is 0.000000845. The maximum absolute atomic E-state index is 12.8. The van der Waals surface area contributed by atoms with E-state index in [1.165, 1.54) is 12.1 Å². The number of nitrogens with one attached hydrogen (secondary N) is 1. The van der Waals surface area contributed by atoms with Crippen molar-refractivity contribution in [2.75, 3.05) is 6.54 Å². The third-order valence-electron chi connectivity index (χ3n) is 2.20. The molecule has 0 radical (unpaired) electrons. The van der Waals surface area contributed by atoms with Crippen LogP contribution in [0.1, 0.15) is 18.0 Å². The first-order chi connectivity index (χ1) is 5.77. The summed E-state index contributed by atoms with van der Waals surface area (Å²) in [5, 5.41) is 12.1. The van der Waals surface area contributed by atoms with Gasteiger partial charge in [-0.1, -0.05) is 6.07 Å². The molecule has 72 valence electrons. The van der Waals surface area contributed by atoms with E-state index in [4.69, 9.17) is 5.11 Å². The molecule has 1 heterocycles. The summed E-state index contributed by atoms with van der Waals surface area (Å²) in [5.74, 6) is -0.820. The number of phenols is 1. The zero-order valence-corrected chi connectivity index (χ0v) is 7.77. The summed E-state index contributed by atoms with van der Waals surface area (Å²) in [7, 11) is 0. The van der Waals surface area contributed by atoms with Crippen LogP contribution in [0.3, 0.4) is 0 Å². The van der Waals surface area contributed by atoms with Crippen LogP contribution in [0.4, 0.5) is 4.39 Å². The van der Waals surface area contributed by atoms with Crippen molar-refractivity contribution in [1.29, 1.82) is 0 Å². The van der Waals surface area contributed by atoms with E-state index < -0.39 is 5.82 Å². The lowest BCUT2D eigenvalue weighted by Crippen LogP contribution is -2.34. The van der Waals surface area contributed by atoms with Gasteiger partial charge in [-0.25, -0.2) is 4.39 Å². The third kappa shape index (κ3) is 1.92. The molecule has 0 aliphatic carbocycles. The number of hydrogen-bond acceptors (Lipinski definition) is 2. The first kappa shape index (κ1) is 10.3. The van der Waals surface area contributed by atoms with Crippen molar-refractivity contribution < 1.29 is 9.50 Å². The fourth-order valence-corrected chi connectivity index (χ4v) is 1.31. The standard InChI is InChI=1S/C9H10FNO.ClH/c10-7-5-6(1-2-9(7)12)8-3-4-11-8;/h1-2,5,8,11-12H,3-4H2;1H/t8-;/m0./s1. The molecule has 2 nitrogen and oxygen atoms in total. The minimum atomic E-state index is -0.541. The minimum absolute atomic E-state index is 0. The highest BCUT2D eigenvalue weighted by molar-refractivity contribution is 5.85. The van der Waals surface area contributed by atoms with Gasteiger partial charge < -0.3 is 10.4 Å². The highest BCUT2D eigenvalue weighted by Gasteiger charge is 2.19. The topological polar surface area (TPSA) is 32.3 Å². The van der Waals surface area contributed by atoms with Gasteiger partial charge >= 0.3 is 0 Å². The molecule has 0 unspecified atom stereocenters. The molecule has 2 N–H and O–H groups in total. The molecule has 1 atom stereocenters. The second kappa shape index (κ2) is 3.94. The van der Waals surface area contributed by atoms with Gasteiger partial charge in [-0.2, -0.15) is 0 Å². The normalized spacial score (nSPS) is 20.2. The van der Waals surface area contributed by atoms with Crippen LogP contribution in [-0.4, -0.2) is 11.7 Å². The van der Waals surface area contributed by atoms with Crippen molar-refractivity contribution in [1.82, 2.24) is 5.32 Å². The van der Waals surface area contributed by atoms with Crippen molar-refractivity contribution in [3.05, 3.63) is 29.6 Å². The summed E-state index contributed by atoms with van der Waals surface area (Å²) >= 11 is 0. The molecule has 1 aliphatic heterocycles. The number of hydrogen-bond donors (Lipinski definition) is 2. The lowest BCUT2D eigenvalue weighted by atomic mass is 9.98. The molecule has 4 heteroatoms. The Morgan fingerprint density at radius 3 is 2.62 bits per heavy atom. The zero-order chi connectivity index (χ0) is 8.55. The average Bonchev–Trinajstić information content (AvgIpc) is 1.93. The van der Waals surface area contributed by atoms with E-state index in [1.54, 1.807) is 6.07 Å². The Morgan fingerprint density at radius 1 is 1.46 bits per heavy atom. The molecule has 2 rings (SSSR count). The minimum Gasteiger partial charge on any atom is -0.505 e. The number of benzene rings is 1. The van der Waals surface area contributed by atoms with Gasteiger partial charge in [0.2, 0.25) is 0 Å². The molecule has 1 aliphatic rings. The third-order valence-corrected chi connectivity index (χ3v) is 2.20. The molecular formula is C9H11ClFNO. The van der Waals surface area contributed by atoms with E-state index in [-0.39, 0.29) is 24.2 Å². The Bertz CT molecular complexity index is 302. The van der Waals surface area contributed by atoms with Crippen LogP contribution >= 0.6 is 12.4 Å². The Morgan fingerprint density at radius 2 is 2.15 bits per heavy atom. The Hall–Kier alpha value is -0.800. The first-order valence-electron chi connectivity index (χ1n) is 3.99. The lowest BCUT2D eigenvalue weighted by molar-refractivity contribution is 0.378. The van der Waals surface area contributed by atoms with Crippen LogP contribution < -0.4 is 5.32 Å². The molecule has 0 saturated carbocycles. The second-order valence-electron chi connectivity index (χ2n) is 3.01. The van der Waals surface area contributed by atoms with E-state index in [2.05, 4.69) is 5.32 Å². The Labute approximate surface area is 82.2 Å². The summed E-state index contributed by atoms with van der Waals surface area (Å²) in [4.78, 5) is 0. The van der Waals surface area contributed by atoms with Crippen LogP contribution in [0.5, 0.6) is 5.75 Å². The second-order valence-corrected chi connectivity index (χ2v) is 3.01. The van der Waals surface area contributed by atoms with E-state index in [0.29, 0.717) is 0 Å². The quantitative estimate of drug-likeness (QED) is 0.732. The smallest absolute Gasteiger partial charge is 0.165 e. The van der Waals surface area contributed by atoms with Gasteiger partial charge in [0.15, 0.2) is 11.6 Å². The molecule has 0 amide bonds. The average molecular weight is 204 g/mol. The van der Waals surface area contributed by atoms with Gasteiger partial charge in [0, 0.05) is 6.04 Å². The highest BCUT2D eigenvalue weighted by Crippen LogP contribution is 2.26. The number of phenolic OH excluding ortho intramolecular Hbond substituents is 1. The fraction of sp³-hybridized carbons (Fsp3) is 0.333. The summed E-state index contributed by atoms with van der Waals surface area (Å²) in [6, 6.07) is 4.80. The van der Waals surface area contributed by atoms with Crippen LogP contribution in [0, 0.1) is 5.82 Å². The van der Waals surface area contributed by atoms with Gasteiger partial charge in [0.25, 0.3) is 0 Å². The number of rotatable bonds is 1. The molecule has 1 fully saturated rings. The summed E-state index contributed by atoms with van der Waals surface area (Å²) < 4.78 is 12.8. The van der Waals surface area contributed by atoms with Crippen molar-refractivity contribution in [3.8, 4) is 5.75 Å². The Kier molecular flexibility index (Phi) is 3.12. The molecule has 0 aromatic heterocycles. The van der Waals surface area contributed by atoms with Gasteiger partial charge in [-0.15, -0.1) is 12.4 Å². The van der Waals surface area contributed by atoms with Gasteiger partial charge in [-0.05, 0) is 30.7 Å². The van der Waals surface area contributed by atoms with E-state index in [9.17, 15) is 4.39 Å². The van der Waals surface area contributed by atoms with Crippen LogP contribution in [0.25, 0.3) is 0 Å². The van der Waals surface area contributed by atoms with Gasteiger partial charge in [0.1, 0.15) is 0 Å². The van der Waals surface area contributed by atoms with E-state index >= 15 is 0 Å². The van der Waals surface area contributed by atoms with Crippen molar-refractivity contribution in [3.63, 3.8) is 0 Å². The summed E-state index contributed by atoms with van der Waals surface area (Å²) in [5.41, 5.74) is 0.913. The van der Waals surface area contributed by atoms with Crippen molar-refractivity contribution >= 4 is 12.4 Å². The molecular weight excluding hydrogens is 193 g/mol. The van der Waals surface area contributed by atoms with Gasteiger partial charge in [-0.3, -0.25) is 0 Å². The van der Waals surface area contributed by atoms with Crippen LogP contribution in [0.2, 0.25) is 0 Å². The monoisotopic (exact) mass is 203 g/mol. The molecule has 1 aromatic rings. The number of halogens is 2. The summed E-state index contributed by atoms with van der Waals surface area (Å²) in [6.45, 7) is 0.993. The maximum atomic E-state index is 12.8. The van der Waals surface area contributed by atoms with E-state index in [0.717, 1.165) is 18.5 Å². The molecule has 13 heavy (non-hydrogen) atoms. The van der Waals surface area contributed by atoms with Crippen molar-refractivity contribution in [2.45, 2.75) is 12.5 Å². The van der Waals surface area contributed by atoms with Crippen LogP contribution in [0.15, 0.2) is 18.2 Å². The first-order valence-corrected chi connectivity index (χ1v) is 3.99. The zero-order valence-electron chi connectivity index (χ0n) is 6.96. The number of aromatic hydroxyl groups is 1. The fourth-order valence-electron chi connectivity index (χ4n) is 1.31. The predicted molar refractivity (Wildman–Crippen MR) is 50.7 cm³/mol. The largest absolute Gasteiger partial charge is 0.505 e. The molecule has 1 saturated heterocycles. The van der Waals surface area contributed by atoms with Gasteiger partial charge in [0.05, 0.1) is 0 Å².